The van der Waals surface area contributed by atoms with Gasteiger partial charge in [-0.25, -0.2) is 9.59 Å². The van der Waals surface area contributed by atoms with E-state index in [1.54, 1.807) is 6.08 Å². The summed E-state index contributed by atoms with van der Waals surface area (Å²) in [6.07, 6.45) is 4.54. The predicted molar refractivity (Wildman–Crippen MR) is 81.3 cm³/mol. The largest absolute Gasteiger partial charge is 0.465 e. The Hall–Kier alpha value is -2.35. The Bertz CT molecular complexity index is 658. The number of ether oxygens (including phenoxy) is 1. The Morgan fingerprint density at radius 3 is 2.74 bits per heavy atom. The highest BCUT2D eigenvalue weighted by molar-refractivity contribution is 6.34. The van der Waals surface area contributed by atoms with E-state index in [1.165, 1.54) is 29.8 Å². The number of rotatable bonds is 2. The zero-order valence-corrected chi connectivity index (χ0v) is 13.1. The van der Waals surface area contributed by atoms with Crippen molar-refractivity contribution in [1.29, 1.82) is 0 Å². The van der Waals surface area contributed by atoms with Crippen LogP contribution in [0.15, 0.2) is 16.6 Å². The lowest BCUT2D eigenvalue weighted by Crippen LogP contribution is -2.59. The van der Waals surface area contributed by atoms with Crippen molar-refractivity contribution in [2.75, 3.05) is 27.2 Å². The second kappa shape index (κ2) is 6.04. The van der Waals surface area contributed by atoms with Crippen molar-refractivity contribution in [2.45, 2.75) is 24.9 Å². The molecule has 1 unspecified atom stereocenters. The maximum Gasteiger partial charge on any atom is 0.399 e. The molecule has 0 saturated carbocycles. The van der Waals surface area contributed by atoms with Crippen LogP contribution in [0.1, 0.15) is 12.8 Å². The van der Waals surface area contributed by atoms with Crippen molar-refractivity contribution in [3.63, 3.8) is 0 Å². The summed E-state index contributed by atoms with van der Waals surface area (Å²) < 4.78 is 6.20. The molecule has 8 nitrogen and oxygen atoms in total. The summed E-state index contributed by atoms with van der Waals surface area (Å²) in [5, 5.41) is 3.24. The molecule has 1 N–H and O–H groups in total. The lowest BCUT2D eigenvalue weighted by atomic mass is 10.0. The fraction of sp³-hybridized carbons (Fsp3) is 0.533. The average Bonchev–Trinajstić information content (AvgIpc) is 2.60. The Morgan fingerprint density at radius 2 is 2.09 bits per heavy atom. The zero-order valence-electron chi connectivity index (χ0n) is 13.1. The highest BCUT2D eigenvalue weighted by Crippen LogP contribution is 2.20. The van der Waals surface area contributed by atoms with Crippen LogP contribution in [-0.4, -0.2) is 78.6 Å². The van der Waals surface area contributed by atoms with Crippen molar-refractivity contribution in [3.05, 3.63) is 11.6 Å². The Morgan fingerprint density at radius 1 is 1.39 bits per heavy atom. The molecule has 2 amide bonds. The number of amidine groups is 1. The Balaban J connectivity index is 2.05. The number of hydrogen-bond acceptors (Lipinski definition) is 6. The van der Waals surface area contributed by atoms with Crippen molar-refractivity contribution < 1.29 is 23.7 Å². The molecule has 1 atom stereocenters. The second-order valence-electron chi connectivity index (χ2n) is 5.75. The number of likely N-dealkylation sites (N-methyl/N-ethyl adjacent to an activating group) is 1. The number of nitrogens with zero attached hydrogens (tertiary/aromatic N) is 3. The van der Waals surface area contributed by atoms with Gasteiger partial charge in [0.25, 0.3) is 0 Å². The molecule has 0 bridgehead atoms. The molecule has 1 saturated heterocycles. The molecular weight excluding hydrogens is 300 g/mol. The summed E-state index contributed by atoms with van der Waals surface area (Å²) in [7, 11) is 2.83. The van der Waals surface area contributed by atoms with Gasteiger partial charge in [0.15, 0.2) is 12.3 Å². The van der Waals surface area contributed by atoms with Crippen LogP contribution in [0, 0.1) is 0 Å². The zero-order chi connectivity index (χ0) is 16.6. The molecule has 0 aliphatic carbocycles. The molecule has 122 valence electrons. The maximum absolute atomic E-state index is 12.5. The second-order valence-corrected chi connectivity index (χ2v) is 5.75. The third-order valence-corrected chi connectivity index (χ3v) is 4.42. The van der Waals surface area contributed by atoms with E-state index in [0.717, 1.165) is 25.9 Å². The van der Waals surface area contributed by atoms with Gasteiger partial charge in [0.1, 0.15) is 11.6 Å². The van der Waals surface area contributed by atoms with Gasteiger partial charge in [-0.15, -0.1) is 0 Å². The molecule has 3 aliphatic heterocycles. The Labute approximate surface area is 133 Å². The molecule has 23 heavy (non-hydrogen) atoms. The maximum atomic E-state index is 12.5. The third kappa shape index (κ3) is 2.59. The molecule has 0 aromatic heterocycles. The van der Waals surface area contributed by atoms with Gasteiger partial charge in [-0.05, 0) is 19.2 Å². The SMILES string of the molecule is COC(=O)C1=CC2C(=[N+](C3CCNCC3)C(=O)C(=O)N2C)N=C1. The van der Waals surface area contributed by atoms with Crippen LogP contribution in [0.2, 0.25) is 0 Å². The van der Waals surface area contributed by atoms with E-state index in [0.29, 0.717) is 5.84 Å². The van der Waals surface area contributed by atoms with Crippen LogP contribution < -0.4 is 5.32 Å². The normalized spacial score (nSPS) is 25.4. The van der Waals surface area contributed by atoms with Gasteiger partial charge >= 0.3 is 23.6 Å². The smallest absolute Gasteiger partial charge is 0.399 e. The van der Waals surface area contributed by atoms with Crippen molar-refractivity contribution in [2.24, 2.45) is 4.99 Å². The van der Waals surface area contributed by atoms with Gasteiger partial charge in [-0.3, -0.25) is 4.79 Å². The van der Waals surface area contributed by atoms with Crippen LogP contribution in [-0.2, 0) is 19.1 Å². The summed E-state index contributed by atoms with van der Waals surface area (Å²) in [5.74, 6) is -1.16. The van der Waals surface area contributed by atoms with E-state index in [-0.39, 0.29) is 11.6 Å². The number of amides is 2. The highest BCUT2D eigenvalue weighted by atomic mass is 16.5. The van der Waals surface area contributed by atoms with Crippen molar-refractivity contribution >= 4 is 29.8 Å². The first-order chi connectivity index (χ1) is 11.0. The van der Waals surface area contributed by atoms with E-state index >= 15 is 0 Å². The lowest BCUT2D eigenvalue weighted by molar-refractivity contribution is -0.492. The number of nitrogens with one attached hydrogen (secondary N) is 1. The first-order valence-corrected chi connectivity index (χ1v) is 7.56. The predicted octanol–water partition coefficient (Wildman–Crippen LogP) is -1.30. The number of hydrogen-bond donors (Lipinski definition) is 1. The number of methoxy groups -OCH3 is 1. The van der Waals surface area contributed by atoms with Gasteiger partial charge in [-0.1, -0.05) is 4.99 Å². The number of esters is 1. The van der Waals surface area contributed by atoms with Gasteiger partial charge in [-0.2, -0.15) is 4.58 Å². The quantitative estimate of drug-likeness (QED) is 0.388. The summed E-state index contributed by atoms with van der Waals surface area (Å²) in [6, 6.07) is -0.585. The number of carbonyl (C=O) groups excluding carboxylic acids is 3. The summed E-state index contributed by atoms with van der Waals surface area (Å²) in [4.78, 5) is 42.1. The average molecular weight is 319 g/mol. The topological polar surface area (TPSA) is 91.1 Å². The fourth-order valence-corrected chi connectivity index (χ4v) is 3.13. The van der Waals surface area contributed by atoms with Gasteiger partial charge in [0, 0.05) is 19.9 Å². The number of carbonyl (C=O) groups is 3. The molecule has 3 heterocycles. The van der Waals surface area contributed by atoms with Gasteiger partial charge < -0.3 is 15.0 Å². The molecule has 1 fully saturated rings. The molecule has 3 rings (SSSR count). The standard InChI is InChI=1S/C15H19N4O4/c1-18-11-7-9(15(22)23-2)8-17-12(11)19(14(21)13(18)20)10-3-5-16-6-4-10/h7-8,10-11,16H,3-6H2,1-2H3/q+1. The lowest BCUT2D eigenvalue weighted by Gasteiger charge is -2.32. The van der Waals surface area contributed by atoms with E-state index in [2.05, 4.69) is 10.3 Å². The fourth-order valence-electron chi connectivity index (χ4n) is 3.13. The summed E-state index contributed by atoms with van der Waals surface area (Å²) in [5.41, 5.74) is 0.278. The van der Waals surface area contributed by atoms with Crippen LogP contribution in [0.25, 0.3) is 0 Å². The minimum absolute atomic E-state index is 0.0517. The van der Waals surface area contributed by atoms with Crippen molar-refractivity contribution in [3.8, 4) is 0 Å². The van der Waals surface area contributed by atoms with Crippen LogP contribution in [0.4, 0.5) is 0 Å². The molecule has 3 aliphatic rings. The van der Waals surface area contributed by atoms with Crippen LogP contribution >= 0.6 is 0 Å². The minimum atomic E-state index is -0.588. The first-order valence-electron chi connectivity index (χ1n) is 7.56. The molecule has 0 aromatic rings. The van der Waals surface area contributed by atoms with E-state index < -0.39 is 23.8 Å². The van der Waals surface area contributed by atoms with E-state index in [1.807, 2.05) is 0 Å². The molecule has 0 spiro atoms. The van der Waals surface area contributed by atoms with Gasteiger partial charge in [0.2, 0.25) is 0 Å². The minimum Gasteiger partial charge on any atom is -0.465 e. The first kappa shape index (κ1) is 15.5. The summed E-state index contributed by atoms with van der Waals surface area (Å²) >= 11 is 0. The summed E-state index contributed by atoms with van der Waals surface area (Å²) in [6.45, 7) is 1.59. The molecular formula is C15H19N4O4+. The van der Waals surface area contributed by atoms with E-state index in [9.17, 15) is 14.4 Å². The number of fused-ring (bicyclic) bond motifs is 1. The van der Waals surface area contributed by atoms with Gasteiger partial charge in [0.05, 0.1) is 7.11 Å². The highest BCUT2D eigenvalue weighted by Gasteiger charge is 2.47. The number of aliphatic imine (C=N–C) groups is 1. The number of piperidine rings is 1. The number of dihydropyridines is 1. The third-order valence-electron chi connectivity index (χ3n) is 4.42. The Kier molecular flexibility index (Phi) is 4.08. The van der Waals surface area contributed by atoms with Crippen molar-refractivity contribution in [1.82, 2.24) is 10.2 Å². The van der Waals surface area contributed by atoms with Crippen LogP contribution in [0.3, 0.4) is 0 Å². The monoisotopic (exact) mass is 319 g/mol. The van der Waals surface area contributed by atoms with Crippen LogP contribution in [0.5, 0.6) is 0 Å². The molecule has 0 radical (unpaired) electrons. The molecule has 8 heteroatoms. The molecule has 0 aromatic carbocycles. The van der Waals surface area contributed by atoms with E-state index in [4.69, 9.17) is 4.74 Å².